The Morgan fingerprint density at radius 2 is 1.44 bits per heavy atom. The number of aromatic nitrogens is 2. The van der Waals surface area contributed by atoms with Gasteiger partial charge < -0.3 is 4.72 Å². The first-order valence-corrected chi connectivity index (χ1v) is 11.5. The Labute approximate surface area is 199 Å². The van der Waals surface area contributed by atoms with Crippen molar-refractivity contribution in [3.05, 3.63) is 113 Å². The molecule has 0 bridgehead atoms. The van der Waals surface area contributed by atoms with Crippen LogP contribution < -0.4 is 0 Å². The minimum absolute atomic E-state index is 0.181. The zero-order valence-electron chi connectivity index (χ0n) is 17.5. The molecule has 0 saturated heterocycles. The van der Waals surface area contributed by atoms with E-state index in [0.717, 1.165) is 11.1 Å². The molecule has 0 radical (unpaired) electrons. The summed E-state index contributed by atoms with van der Waals surface area (Å²) in [4.78, 5) is 8.30. The van der Waals surface area contributed by atoms with E-state index in [1.165, 1.54) is 19.7 Å². The fraction of sp³-hybridized carbons (Fsp3) is 0.0833. The number of halogens is 1. The van der Waals surface area contributed by atoms with Crippen LogP contribution in [0.15, 0.2) is 102 Å². The van der Waals surface area contributed by atoms with Gasteiger partial charge >= 0.3 is 22.9 Å². The second-order valence-corrected chi connectivity index (χ2v) is 8.24. The number of rotatable bonds is 4. The first-order chi connectivity index (χ1) is 15.5. The van der Waals surface area contributed by atoms with Crippen molar-refractivity contribution in [1.29, 1.82) is 0 Å². The number of sulfonamides is 1. The third-order valence-electron chi connectivity index (χ3n) is 4.20. The van der Waals surface area contributed by atoms with Gasteiger partial charge in [-0.05, 0) is 61.4 Å². The van der Waals surface area contributed by atoms with Crippen molar-refractivity contribution in [3.8, 4) is 11.3 Å². The number of nitrogens with zero attached hydrogens (tertiary/aromatic N) is 3. The minimum atomic E-state index is -3.77. The molecule has 0 fully saturated rings. The van der Waals surface area contributed by atoms with Crippen LogP contribution in [0.4, 0.5) is 8.91 Å². The van der Waals surface area contributed by atoms with E-state index in [2.05, 4.69) is 14.7 Å². The van der Waals surface area contributed by atoms with Crippen LogP contribution in [-0.2, 0) is 29.7 Å². The van der Waals surface area contributed by atoms with Gasteiger partial charge in [0.2, 0.25) is 0 Å². The Balaban J connectivity index is 0.000000387. The Morgan fingerprint density at radius 3 is 2.00 bits per heavy atom. The van der Waals surface area contributed by atoms with Crippen LogP contribution in [-0.4, -0.2) is 18.4 Å². The molecule has 2 heterocycles. The summed E-state index contributed by atoms with van der Waals surface area (Å²) in [5, 5.41) is 0. The van der Waals surface area contributed by atoms with Gasteiger partial charge in [0.25, 0.3) is 0 Å². The fourth-order valence-electron chi connectivity index (χ4n) is 2.66. The monoisotopic (exact) mass is 541 g/mol. The first kappa shape index (κ1) is 25.3. The van der Waals surface area contributed by atoms with Crippen molar-refractivity contribution < 1.29 is 31.4 Å². The van der Waals surface area contributed by atoms with Crippen LogP contribution in [0.3, 0.4) is 0 Å². The molecule has 0 spiro atoms. The molecule has 8 heteroatoms. The number of hydrogen-bond acceptors (Lipinski definition) is 4. The van der Waals surface area contributed by atoms with Crippen molar-refractivity contribution in [2.45, 2.75) is 18.7 Å². The van der Waals surface area contributed by atoms with Crippen molar-refractivity contribution in [3.63, 3.8) is 0 Å². The summed E-state index contributed by atoms with van der Waals surface area (Å²) < 4.78 is 38.5. The average molecular weight is 542 g/mol. The van der Waals surface area contributed by atoms with Gasteiger partial charge in [-0.15, -0.1) is 5.69 Å². The predicted molar refractivity (Wildman–Crippen MR) is 121 cm³/mol. The molecule has 0 atom stereocenters. The van der Waals surface area contributed by atoms with Gasteiger partial charge in [-0.2, -0.15) is 0 Å². The van der Waals surface area contributed by atoms with E-state index in [4.69, 9.17) is 0 Å². The quantitative estimate of drug-likeness (QED) is 0.286. The summed E-state index contributed by atoms with van der Waals surface area (Å²) >= 11 is 1.25. The molecule has 0 N–H and O–H groups in total. The molecule has 2 aromatic heterocycles. The van der Waals surface area contributed by atoms with Crippen LogP contribution in [0.5, 0.6) is 0 Å². The molecule has 4 aromatic rings. The van der Waals surface area contributed by atoms with E-state index < -0.39 is 10.0 Å². The van der Waals surface area contributed by atoms with Gasteiger partial charge in [-0.3, -0.25) is 9.97 Å². The van der Waals surface area contributed by atoms with Gasteiger partial charge in [0, 0.05) is 18.6 Å². The molecule has 0 aliphatic heterocycles. The van der Waals surface area contributed by atoms with Crippen LogP contribution in [0, 0.1) is 13.8 Å². The van der Waals surface area contributed by atoms with E-state index >= 15 is 0 Å². The van der Waals surface area contributed by atoms with E-state index in [-0.39, 0.29) is 4.90 Å². The molecule has 168 valence electrons. The Morgan fingerprint density at radius 1 is 0.781 bits per heavy atom. The molecule has 0 aliphatic rings. The first-order valence-electron chi connectivity index (χ1n) is 9.49. The van der Waals surface area contributed by atoms with Crippen LogP contribution in [0.2, 0.25) is 0 Å². The van der Waals surface area contributed by atoms with Gasteiger partial charge in [0.05, 0.1) is 10.6 Å². The zero-order valence-corrected chi connectivity index (χ0v) is 19.9. The minimum Gasteiger partial charge on any atom is -0.265 e. The van der Waals surface area contributed by atoms with Crippen molar-refractivity contribution in [1.82, 2.24) is 9.97 Å². The van der Waals surface area contributed by atoms with Crippen molar-refractivity contribution in [2.75, 3.05) is 0 Å². The Kier molecular flexibility index (Phi) is 10.2. The van der Waals surface area contributed by atoms with Crippen LogP contribution >= 0.6 is 0 Å². The molecule has 0 amide bonds. The summed E-state index contributed by atoms with van der Waals surface area (Å²) in [7, 11) is -3.77. The molecule has 2 aromatic carbocycles. The average Bonchev–Trinajstić information content (AvgIpc) is 2.82. The van der Waals surface area contributed by atoms with Gasteiger partial charge in [-0.1, -0.05) is 48.0 Å². The summed E-state index contributed by atoms with van der Waals surface area (Å²) in [5.74, 6) is 0. The summed E-state index contributed by atoms with van der Waals surface area (Å²) in [6.45, 7) is 3.88. The molecular formula is C24H22FN3O2PdS. The van der Waals surface area contributed by atoms with Gasteiger partial charge in [0.1, 0.15) is 10.0 Å². The zero-order chi connectivity index (χ0) is 23.4. The fourth-order valence-corrected chi connectivity index (χ4v) is 3.66. The summed E-state index contributed by atoms with van der Waals surface area (Å²) in [6, 6.07) is 23.3. The third kappa shape index (κ3) is 7.65. The van der Waals surface area contributed by atoms with Crippen LogP contribution in [0.25, 0.3) is 16.0 Å². The maximum Gasteiger partial charge on any atom is 0.0267 e. The molecular weight excluding hydrogens is 520 g/mol. The standard InChI is InChI=1S/C19H17N2O2S.C5H5N.FH.Pd/c1-14-7-9-16(10-8-14)24(22,23)21-18-6-4-3-5-17(18)19-13-15(2)11-12-20-19;1-2-4-6-5-3-1;;/h3-13H,1-2H3;1-5H;1H;/q-1;;;+2/p-1. The second-order valence-electron chi connectivity index (χ2n) is 6.64. The Bertz CT molecular complexity index is 1180. The summed E-state index contributed by atoms with van der Waals surface area (Å²) in [6.07, 6.45) is 5.20. The van der Waals surface area contributed by atoms with Gasteiger partial charge in [0.15, 0.2) is 0 Å². The van der Waals surface area contributed by atoms with E-state index in [9.17, 15) is 11.6 Å². The van der Waals surface area contributed by atoms with Crippen LogP contribution in [0.1, 0.15) is 11.1 Å². The largest absolute Gasteiger partial charge is 0.265 e. The van der Waals surface area contributed by atoms with Crippen molar-refractivity contribution >= 4 is 15.7 Å². The topological polar surface area (TPSA) is 74.0 Å². The second kappa shape index (κ2) is 12.8. The maximum atomic E-state index is 12.6. The molecule has 0 unspecified atom stereocenters. The number of benzene rings is 2. The number of hydrogen-bond donors (Lipinski definition) is 0. The maximum absolute atomic E-state index is 12.6. The Hall–Kier alpha value is -2.92. The molecule has 5 nitrogen and oxygen atoms in total. The molecule has 0 saturated carbocycles. The smallest absolute Gasteiger partial charge is 0.0267 e. The molecule has 32 heavy (non-hydrogen) atoms. The predicted octanol–water partition coefficient (Wildman–Crippen LogP) is 6.26. The number of pyridine rings is 2. The molecule has 4 rings (SSSR count). The van der Waals surface area contributed by atoms with Crippen molar-refractivity contribution in [2.24, 2.45) is 0 Å². The third-order valence-corrected chi connectivity index (χ3v) is 5.50. The van der Waals surface area contributed by atoms with Gasteiger partial charge in [-0.25, -0.2) is 8.42 Å². The van der Waals surface area contributed by atoms with E-state index in [0.29, 0.717) is 16.9 Å². The normalized spacial score (nSPS) is 10.2. The van der Waals surface area contributed by atoms with E-state index in [1.807, 2.05) is 56.3 Å². The number of aryl methyl sites for hydroxylation is 2. The summed E-state index contributed by atoms with van der Waals surface area (Å²) in [5.41, 5.74) is 3.83. The SMILES string of the molecule is Cc1ccc(S(=O)(=O)[N-]c2ccccc2-c2cc(C)ccn2)cc1.[F][Pd+].c1ccncc1. The van der Waals surface area contributed by atoms with E-state index in [1.54, 1.807) is 55.0 Å². The molecule has 0 aliphatic carbocycles.